The number of aliphatic hydroxyl groups is 1. The third kappa shape index (κ3) is 3.70. The molecule has 0 fully saturated rings. The van der Waals surface area contributed by atoms with E-state index in [9.17, 15) is 24.3 Å². The van der Waals surface area contributed by atoms with Crippen molar-refractivity contribution in [3.05, 3.63) is 106 Å². The van der Waals surface area contributed by atoms with Crippen LogP contribution in [0.3, 0.4) is 0 Å². The van der Waals surface area contributed by atoms with Crippen LogP contribution < -0.4 is 5.32 Å². The zero-order valence-corrected chi connectivity index (χ0v) is 18.3. The number of hydrogen-bond acceptors (Lipinski definition) is 5. The Bertz CT molecular complexity index is 1350. The van der Waals surface area contributed by atoms with E-state index in [1.54, 1.807) is 29.2 Å². The van der Waals surface area contributed by atoms with Crippen LogP contribution in [-0.2, 0) is 17.8 Å². The molecule has 170 valence electrons. The largest absolute Gasteiger partial charge is 0.394 e. The maximum atomic E-state index is 13.0. The number of nitrogens with zero attached hydrogens (tertiary/aromatic N) is 1. The molecule has 2 amide bonds. The van der Waals surface area contributed by atoms with Crippen LogP contribution >= 0.6 is 0 Å². The highest BCUT2D eigenvalue weighted by atomic mass is 16.3. The molecule has 2 aliphatic rings. The number of hydrogen-bond donors (Lipinski definition) is 2. The van der Waals surface area contributed by atoms with Gasteiger partial charge in [-0.3, -0.25) is 19.2 Å². The Balaban J connectivity index is 1.34. The molecule has 0 bridgehead atoms. The molecule has 0 radical (unpaired) electrons. The van der Waals surface area contributed by atoms with Crippen LogP contribution in [0.2, 0.25) is 0 Å². The highest BCUT2D eigenvalue weighted by Gasteiger charge is 2.31. The molecule has 7 heteroatoms. The average molecular weight is 454 g/mol. The van der Waals surface area contributed by atoms with Crippen LogP contribution in [0.15, 0.2) is 66.7 Å². The average Bonchev–Trinajstić information content (AvgIpc) is 2.89. The topological polar surface area (TPSA) is 104 Å². The molecular weight excluding hydrogens is 432 g/mol. The van der Waals surface area contributed by atoms with E-state index in [0.29, 0.717) is 30.6 Å². The molecule has 1 heterocycles. The van der Waals surface area contributed by atoms with Crippen molar-refractivity contribution in [1.82, 2.24) is 10.2 Å². The Morgan fingerprint density at radius 3 is 2.18 bits per heavy atom. The molecule has 0 saturated heterocycles. The van der Waals surface area contributed by atoms with Gasteiger partial charge in [-0.25, -0.2) is 0 Å². The smallest absolute Gasteiger partial charge is 0.252 e. The molecule has 0 saturated carbocycles. The van der Waals surface area contributed by atoms with Gasteiger partial charge in [0.25, 0.3) is 5.91 Å². The van der Waals surface area contributed by atoms with Crippen molar-refractivity contribution in [3.8, 4) is 0 Å². The molecule has 1 aliphatic carbocycles. The number of ketones is 2. The number of nitrogens with one attached hydrogen (secondary N) is 1. The van der Waals surface area contributed by atoms with E-state index in [-0.39, 0.29) is 34.2 Å². The first-order chi connectivity index (χ1) is 16.5. The number of carbonyl (C=O) groups is 4. The first kappa shape index (κ1) is 21.7. The zero-order chi connectivity index (χ0) is 23.8. The molecule has 1 unspecified atom stereocenters. The minimum atomic E-state index is -1.12. The lowest BCUT2D eigenvalue weighted by atomic mass is 9.83. The number of rotatable bonds is 4. The molecule has 1 aliphatic heterocycles. The molecule has 2 N–H and O–H groups in total. The van der Waals surface area contributed by atoms with Crippen LogP contribution in [0.4, 0.5) is 0 Å². The zero-order valence-electron chi connectivity index (χ0n) is 18.3. The maximum Gasteiger partial charge on any atom is 0.252 e. The number of carbonyl (C=O) groups excluding carboxylic acids is 4. The third-order valence-electron chi connectivity index (χ3n) is 6.42. The van der Waals surface area contributed by atoms with Gasteiger partial charge in [0.05, 0.1) is 6.61 Å². The summed E-state index contributed by atoms with van der Waals surface area (Å²) in [4.78, 5) is 53.3. The lowest BCUT2D eigenvalue weighted by Crippen LogP contribution is -2.51. The molecule has 3 aromatic carbocycles. The summed E-state index contributed by atoms with van der Waals surface area (Å²) < 4.78 is 0. The molecule has 3 aromatic rings. The van der Waals surface area contributed by atoms with Gasteiger partial charge in [0.1, 0.15) is 6.04 Å². The van der Waals surface area contributed by atoms with Crippen molar-refractivity contribution in [2.24, 2.45) is 0 Å². The number of fused-ring (bicyclic) bond motifs is 3. The molecule has 7 nitrogen and oxygen atoms in total. The van der Waals surface area contributed by atoms with Gasteiger partial charge in [-0.2, -0.15) is 0 Å². The number of aliphatic hydroxyl groups excluding tert-OH is 1. The highest BCUT2D eigenvalue weighted by molar-refractivity contribution is 6.28. The molecule has 34 heavy (non-hydrogen) atoms. The van der Waals surface area contributed by atoms with Gasteiger partial charge in [-0.1, -0.05) is 48.5 Å². The third-order valence-corrected chi connectivity index (χ3v) is 6.42. The lowest BCUT2D eigenvalue weighted by molar-refractivity contribution is -0.135. The fourth-order valence-electron chi connectivity index (χ4n) is 4.57. The predicted molar refractivity (Wildman–Crippen MR) is 124 cm³/mol. The second-order valence-electron chi connectivity index (χ2n) is 8.45. The summed E-state index contributed by atoms with van der Waals surface area (Å²) in [6, 6.07) is 17.6. The first-order valence-electron chi connectivity index (χ1n) is 11.1. The van der Waals surface area contributed by atoms with Crippen LogP contribution in [-0.4, -0.2) is 52.6 Å². The van der Waals surface area contributed by atoms with E-state index in [2.05, 4.69) is 5.32 Å². The van der Waals surface area contributed by atoms with Crippen molar-refractivity contribution < 1.29 is 24.3 Å². The Morgan fingerprint density at radius 1 is 0.853 bits per heavy atom. The Labute approximate surface area is 196 Å². The van der Waals surface area contributed by atoms with Crippen LogP contribution in [0.25, 0.3) is 0 Å². The summed E-state index contributed by atoms with van der Waals surface area (Å²) in [5, 5.41) is 12.4. The fourth-order valence-corrected chi connectivity index (χ4v) is 4.57. The molecular formula is C27H22N2O5. The predicted octanol–water partition coefficient (Wildman–Crippen LogP) is 2.14. The minimum Gasteiger partial charge on any atom is -0.394 e. The van der Waals surface area contributed by atoms with E-state index in [1.165, 1.54) is 23.8 Å². The normalized spacial score (nSPS) is 15.1. The van der Waals surface area contributed by atoms with Gasteiger partial charge in [0.2, 0.25) is 5.91 Å². The van der Waals surface area contributed by atoms with E-state index in [0.717, 1.165) is 5.56 Å². The first-order valence-corrected chi connectivity index (χ1v) is 11.1. The molecule has 5 rings (SSSR count). The van der Waals surface area contributed by atoms with E-state index < -0.39 is 18.6 Å². The minimum absolute atomic E-state index is 0.134. The Morgan fingerprint density at radius 2 is 1.47 bits per heavy atom. The highest BCUT2D eigenvalue weighted by Crippen LogP contribution is 2.28. The van der Waals surface area contributed by atoms with Crippen LogP contribution in [0, 0.1) is 0 Å². The van der Waals surface area contributed by atoms with Gasteiger partial charge in [-0.15, -0.1) is 0 Å². The van der Waals surface area contributed by atoms with Gasteiger partial charge in [0, 0.05) is 40.9 Å². The summed E-state index contributed by atoms with van der Waals surface area (Å²) >= 11 is 0. The van der Waals surface area contributed by atoms with Crippen molar-refractivity contribution in [2.75, 3.05) is 13.2 Å². The summed E-state index contributed by atoms with van der Waals surface area (Å²) in [6.45, 7) is 0.353. The summed E-state index contributed by atoms with van der Waals surface area (Å²) in [6.07, 6.45) is 0.705. The van der Waals surface area contributed by atoms with Gasteiger partial charge >= 0.3 is 0 Å². The maximum absolute atomic E-state index is 13.0. The van der Waals surface area contributed by atoms with Gasteiger partial charge in [-0.05, 0) is 35.7 Å². The second-order valence-corrected chi connectivity index (χ2v) is 8.45. The Kier molecular flexibility index (Phi) is 5.55. The monoisotopic (exact) mass is 454 g/mol. The summed E-state index contributed by atoms with van der Waals surface area (Å²) in [5.41, 5.74) is 3.39. The van der Waals surface area contributed by atoms with Crippen LogP contribution in [0.1, 0.15) is 53.3 Å². The van der Waals surface area contributed by atoms with E-state index in [1.807, 2.05) is 24.3 Å². The SMILES string of the molecule is O=C(NC(CO)C(=O)N1CCc2ccccc2C1)c1ccc2c(c1)C(=O)c1ccccc1C2=O. The molecule has 1 atom stereocenters. The lowest BCUT2D eigenvalue weighted by Gasteiger charge is -2.31. The van der Waals surface area contributed by atoms with Gasteiger partial charge in [0.15, 0.2) is 11.6 Å². The van der Waals surface area contributed by atoms with Gasteiger partial charge < -0.3 is 15.3 Å². The number of amides is 2. The van der Waals surface area contributed by atoms with Crippen molar-refractivity contribution in [1.29, 1.82) is 0 Å². The summed E-state index contributed by atoms with van der Waals surface area (Å²) in [5.74, 6) is -1.58. The molecule has 0 aromatic heterocycles. The van der Waals surface area contributed by atoms with Crippen molar-refractivity contribution in [3.63, 3.8) is 0 Å². The van der Waals surface area contributed by atoms with E-state index in [4.69, 9.17) is 0 Å². The quantitative estimate of drug-likeness (QED) is 0.492. The van der Waals surface area contributed by atoms with Crippen molar-refractivity contribution in [2.45, 2.75) is 19.0 Å². The molecule has 0 spiro atoms. The standard InChI is InChI=1S/C27H22N2O5/c30-15-23(27(34)29-12-11-16-5-1-2-6-18(16)14-29)28-26(33)17-9-10-21-22(13-17)25(32)20-8-4-3-7-19(20)24(21)31/h1-10,13,23,30H,11-12,14-15H2,(H,28,33). The Hall–Kier alpha value is -4.10. The van der Waals surface area contributed by atoms with Crippen molar-refractivity contribution >= 4 is 23.4 Å². The van der Waals surface area contributed by atoms with E-state index >= 15 is 0 Å². The summed E-state index contributed by atoms with van der Waals surface area (Å²) in [7, 11) is 0. The fraction of sp³-hybridized carbons (Fsp3) is 0.185. The van der Waals surface area contributed by atoms with Crippen LogP contribution in [0.5, 0.6) is 0 Å². The second kappa shape index (κ2) is 8.68. The number of benzene rings is 3.